The van der Waals surface area contributed by atoms with Crippen molar-refractivity contribution in [1.82, 2.24) is 19.4 Å². The number of anilines is 3. The van der Waals surface area contributed by atoms with Crippen LogP contribution >= 0.6 is 0 Å². The van der Waals surface area contributed by atoms with Crippen molar-refractivity contribution < 1.29 is 0 Å². The van der Waals surface area contributed by atoms with Crippen LogP contribution < -0.4 is 15.8 Å². The predicted octanol–water partition coefficient (Wildman–Crippen LogP) is 14.7. The summed E-state index contributed by atoms with van der Waals surface area (Å²) in [4.78, 5) is 17.8. The van der Waals surface area contributed by atoms with Crippen molar-refractivity contribution in [3.63, 3.8) is 0 Å². The van der Waals surface area contributed by atoms with Crippen molar-refractivity contribution >= 4 is 56.6 Å². The third-order valence-electron chi connectivity index (χ3n) is 14.4. The van der Waals surface area contributed by atoms with Gasteiger partial charge in [0.05, 0.1) is 0 Å². The Labute approximate surface area is 406 Å². The fraction of sp³-hybridized carbons (Fsp3) is 0.0156. The van der Waals surface area contributed by atoms with Gasteiger partial charge in [-0.2, -0.15) is 0 Å². The average molecular weight is 892 g/mol. The zero-order chi connectivity index (χ0) is 46.3. The molecule has 14 rings (SSSR count). The van der Waals surface area contributed by atoms with Crippen molar-refractivity contribution in [2.45, 2.75) is 6.92 Å². The normalized spacial score (nSPS) is 12.3. The van der Waals surface area contributed by atoms with Crippen molar-refractivity contribution in [2.24, 2.45) is 0 Å². The van der Waals surface area contributed by atoms with Gasteiger partial charge < -0.3 is 9.38 Å². The van der Waals surface area contributed by atoms with E-state index in [1.54, 1.807) is 0 Å². The highest BCUT2D eigenvalue weighted by Crippen LogP contribution is 2.50. The van der Waals surface area contributed by atoms with Gasteiger partial charge in [-0.05, 0) is 117 Å². The molecular weight excluding hydrogens is 850 g/mol. The van der Waals surface area contributed by atoms with Crippen LogP contribution in [-0.2, 0) is 0 Å². The van der Waals surface area contributed by atoms with Gasteiger partial charge in [-0.25, -0.2) is 15.0 Å². The number of aromatic nitrogens is 4. The number of benzene rings is 10. The molecule has 70 heavy (non-hydrogen) atoms. The average Bonchev–Trinajstić information content (AvgIpc) is 3.77. The molecule has 0 radical (unpaired) electrons. The van der Waals surface area contributed by atoms with Gasteiger partial charge in [0.1, 0.15) is 0 Å². The first kappa shape index (κ1) is 40.0. The van der Waals surface area contributed by atoms with Crippen LogP contribution in [0.4, 0.5) is 17.1 Å². The lowest BCUT2D eigenvalue weighted by Gasteiger charge is -2.41. The molecule has 0 saturated heterocycles. The lowest BCUT2D eigenvalue weighted by Crippen LogP contribution is -2.56. The Bertz CT molecular complexity index is 3950. The molecule has 0 fully saturated rings. The molecule has 2 aliphatic rings. The Kier molecular flexibility index (Phi) is 9.14. The van der Waals surface area contributed by atoms with Gasteiger partial charge in [-0.3, -0.25) is 0 Å². The molecule has 4 heterocycles. The minimum atomic E-state index is -0.0871. The third kappa shape index (κ3) is 6.30. The summed E-state index contributed by atoms with van der Waals surface area (Å²) in [6, 6.07) is 85.1. The summed E-state index contributed by atoms with van der Waals surface area (Å²) in [6.45, 7) is 2.25. The summed E-state index contributed by atoms with van der Waals surface area (Å²) in [7, 11) is 0. The zero-order valence-corrected chi connectivity index (χ0v) is 38.3. The lowest BCUT2D eigenvalue weighted by molar-refractivity contribution is 1.07. The van der Waals surface area contributed by atoms with Gasteiger partial charge in [0, 0.05) is 61.1 Å². The second-order valence-electron chi connectivity index (χ2n) is 18.4. The first-order valence-corrected chi connectivity index (χ1v) is 24.0. The molecule has 2 aromatic heterocycles. The zero-order valence-electron chi connectivity index (χ0n) is 38.3. The quantitative estimate of drug-likeness (QED) is 0.150. The molecule has 6 heteroatoms. The molecule has 12 aromatic rings. The van der Waals surface area contributed by atoms with Gasteiger partial charge in [-0.15, -0.1) is 0 Å². The minimum absolute atomic E-state index is 0.0871. The fourth-order valence-corrected chi connectivity index (χ4v) is 11.2. The standard InChI is InChI=1S/C64H42BN5/c1-41-51(47-28-19-29-48(36-47)64-67-62(44-24-11-4-12-25-44)66-63(68-64)45-26-13-5-14-27-45)40-58-60-59(41)54-39-49(43-22-9-3-10-23-43)38-53-52-37-46(42-20-7-2-8-21-42)34-35-56(52)70(61(53)54)65(60)55-32-17-18-33-57(55)69(58)50-30-15-6-16-31-50/h2-40H,1H3. The highest BCUT2D eigenvalue weighted by molar-refractivity contribution is 6.90. The highest BCUT2D eigenvalue weighted by atomic mass is 15.2. The van der Waals surface area contributed by atoms with E-state index in [-0.39, 0.29) is 6.85 Å². The summed E-state index contributed by atoms with van der Waals surface area (Å²) in [5.74, 6) is 1.91. The van der Waals surface area contributed by atoms with Gasteiger partial charge >= 0.3 is 6.85 Å². The van der Waals surface area contributed by atoms with E-state index in [4.69, 9.17) is 15.0 Å². The van der Waals surface area contributed by atoms with E-state index in [0.29, 0.717) is 17.5 Å². The summed E-state index contributed by atoms with van der Waals surface area (Å²) >= 11 is 0. The summed E-state index contributed by atoms with van der Waals surface area (Å²) in [6.07, 6.45) is 0. The molecule has 10 aromatic carbocycles. The summed E-state index contributed by atoms with van der Waals surface area (Å²) in [5.41, 5.74) is 22.1. The van der Waals surface area contributed by atoms with E-state index in [9.17, 15) is 0 Å². The van der Waals surface area contributed by atoms with Crippen molar-refractivity contribution in [1.29, 1.82) is 0 Å². The molecule has 5 nitrogen and oxygen atoms in total. The van der Waals surface area contributed by atoms with Crippen LogP contribution in [0.25, 0.3) is 100 Å². The number of para-hydroxylation sites is 2. The van der Waals surface area contributed by atoms with Crippen molar-refractivity contribution in [3.8, 4) is 78.7 Å². The summed E-state index contributed by atoms with van der Waals surface area (Å²) in [5, 5.41) is 2.50. The topological polar surface area (TPSA) is 46.8 Å². The van der Waals surface area contributed by atoms with Crippen LogP contribution in [-0.4, -0.2) is 26.3 Å². The predicted molar refractivity (Wildman–Crippen MR) is 291 cm³/mol. The van der Waals surface area contributed by atoms with E-state index in [2.05, 4.69) is 216 Å². The van der Waals surface area contributed by atoms with Crippen LogP contribution in [0.3, 0.4) is 0 Å². The van der Waals surface area contributed by atoms with Crippen LogP contribution in [0.15, 0.2) is 237 Å². The van der Waals surface area contributed by atoms with Gasteiger partial charge in [0.2, 0.25) is 0 Å². The fourth-order valence-electron chi connectivity index (χ4n) is 11.2. The molecule has 0 spiro atoms. The molecule has 0 saturated carbocycles. The van der Waals surface area contributed by atoms with Crippen LogP contribution in [0, 0.1) is 6.92 Å². The Morgan fingerprint density at radius 1 is 0.371 bits per heavy atom. The molecule has 0 bridgehead atoms. The number of nitrogens with zero attached hydrogens (tertiary/aromatic N) is 5. The lowest BCUT2D eigenvalue weighted by atomic mass is 9.44. The maximum absolute atomic E-state index is 5.16. The number of fused-ring (bicyclic) bond motifs is 7. The van der Waals surface area contributed by atoms with Crippen molar-refractivity contribution in [3.05, 3.63) is 242 Å². The molecule has 0 aliphatic carbocycles. The second kappa shape index (κ2) is 16.0. The van der Waals surface area contributed by atoms with E-state index < -0.39 is 0 Å². The SMILES string of the molecule is Cc1c(-c2cccc(-c3nc(-c4ccccc4)nc(-c4ccccc4)n3)c2)cc2c3c1-c1cc(-c4ccccc4)cc4c5cc(-c6ccccc6)ccc5n(c14)B3c1ccccc1N2c1ccccc1. The van der Waals surface area contributed by atoms with Crippen LogP contribution in [0.5, 0.6) is 0 Å². The Balaban J connectivity index is 1.06. The molecule has 326 valence electrons. The van der Waals surface area contributed by atoms with Crippen LogP contribution in [0.1, 0.15) is 5.56 Å². The minimum Gasteiger partial charge on any atom is -0.375 e. The monoisotopic (exact) mass is 891 g/mol. The maximum Gasteiger partial charge on any atom is 0.333 e. The second-order valence-corrected chi connectivity index (χ2v) is 18.4. The van der Waals surface area contributed by atoms with E-state index >= 15 is 0 Å². The first-order chi connectivity index (χ1) is 34.6. The largest absolute Gasteiger partial charge is 0.375 e. The number of rotatable bonds is 7. The van der Waals surface area contributed by atoms with Crippen molar-refractivity contribution in [2.75, 3.05) is 4.90 Å². The Morgan fingerprint density at radius 3 is 1.56 bits per heavy atom. The number of hydrogen-bond acceptors (Lipinski definition) is 4. The molecule has 0 unspecified atom stereocenters. The van der Waals surface area contributed by atoms with Crippen LogP contribution in [0.2, 0.25) is 0 Å². The maximum atomic E-state index is 5.16. The van der Waals surface area contributed by atoms with Gasteiger partial charge in [-0.1, -0.05) is 182 Å². The Morgan fingerprint density at radius 2 is 0.900 bits per heavy atom. The smallest absolute Gasteiger partial charge is 0.333 e. The molecular formula is C64H42BN5. The van der Waals surface area contributed by atoms with Gasteiger partial charge in [0.25, 0.3) is 0 Å². The molecule has 0 atom stereocenters. The molecule has 2 aliphatic heterocycles. The molecule has 0 N–H and O–H groups in total. The third-order valence-corrected chi connectivity index (χ3v) is 14.4. The van der Waals surface area contributed by atoms with E-state index in [1.165, 1.54) is 83.1 Å². The van der Waals surface area contributed by atoms with E-state index in [0.717, 1.165) is 33.5 Å². The van der Waals surface area contributed by atoms with E-state index in [1.807, 2.05) is 36.4 Å². The highest BCUT2D eigenvalue weighted by Gasteiger charge is 2.44. The van der Waals surface area contributed by atoms with Gasteiger partial charge in [0.15, 0.2) is 17.5 Å². The summed E-state index contributed by atoms with van der Waals surface area (Å²) < 4.78 is 2.66. The number of hydrogen-bond donors (Lipinski definition) is 0. The first-order valence-electron chi connectivity index (χ1n) is 24.0. The Hall–Kier alpha value is -9.13. The molecule has 0 amide bonds.